The Bertz CT molecular complexity index is 836. The van der Waals surface area contributed by atoms with Crippen molar-refractivity contribution in [3.05, 3.63) is 52.2 Å². The van der Waals surface area contributed by atoms with Crippen molar-refractivity contribution in [2.75, 3.05) is 17.6 Å². The van der Waals surface area contributed by atoms with Gasteiger partial charge in [-0.3, -0.25) is 14.5 Å². The summed E-state index contributed by atoms with van der Waals surface area (Å²) in [5, 5.41) is 4.79. The van der Waals surface area contributed by atoms with E-state index in [4.69, 9.17) is 0 Å². The number of benzene rings is 1. The number of nitrogens with one attached hydrogen (secondary N) is 1. The number of thiophene rings is 1. The number of thioether (sulfide) groups is 1. The summed E-state index contributed by atoms with van der Waals surface area (Å²) in [5.74, 6) is 0.0600. The fourth-order valence-electron chi connectivity index (χ4n) is 3.39. The summed E-state index contributed by atoms with van der Waals surface area (Å²) in [6.45, 7) is 1.02. The van der Waals surface area contributed by atoms with Gasteiger partial charge < -0.3 is 10.2 Å². The summed E-state index contributed by atoms with van der Waals surface area (Å²) in [7, 11) is 0. The molecular formula is C19H19N3O3S2. The van der Waals surface area contributed by atoms with Crippen LogP contribution < -0.4 is 5.32 Å². The third kappa shape index (κ3) is 3.86. The molecule has 4 amide bonds. The van der Waals surface area contributed by atoms with Crippen LogP contribution >= 0.6 is 23.1 Å². The lowest BCUT2D eigenvalue weighted by Crippen LogP contribution is -2.34. The Labute approximate surface area is 165 Å². The Morgan fingerprint density at radius 2 is 2.00 bits per heavy atom. The van der Waals surface area contributed by atoms with Crippen molar-refractivity contribution < 1.29 is 14.4 Å². The first-order chi connectivity index (χ1) is 13.1. The highest BCUT2D eigenvalue weighted by Gasteiger charge is 2.31. The Morgan fingerprint density at radius 1 is 1.19 bits per heavy atom. The molecule has 2 fully saturated rings. The molecule has 1 aromatic heterocycles. The monoisotopic (exact) mass is 401 g/mol. The number of amides is 4. The predicted octanol–water partition coefficient (Wildman–Crippen LogP) is 4.31. The van der Waals surface area contributed by atoms with Crippen LogP contribution in [0.15, 0.2) is 41.8 Å². The predicted molar refractivity (Wildman–Crippen MR) is 107 cm³/mol. The largest absolute Gasteiger partial charge is 0.322 e. The molecule has 4 rings (SSSR count). The van der Waals surface area contributed by atoms with Gasteiger partial charge >= 0.3 is 6.03 Å². The molecule has 6 nitrogen and oxygen atoms in total. The van der Waals surface area contributed by atoms with E-state index in [-0.39, 0.29) is 35.5 Å². The second-order valence-electron chi connectivity index (χ2n) is 6.53. The summed E-state index contributed by atoms with van der Waals surface area (Å²) in [6.07, 6.45) is 1.99. The molecule has 2 saturated heterocycles. The molecule has 8 heteroatoms. The zero-order valence-electron chi connectivity index (χ0n) is 14.6. The first-order valence-electron chi connectivity index (χ1n) is 8.79. The second-order valence-corrected chi connectivity index (χ2v) is 8.43. The molecule has 3 heterocycles. The third-order valence-corrected chi connectivity index (χ3v) is 6.60. The Kier molecular flexibility index (Phi) is 5.18. The zero-order chi connectivity index (χ0) is 18.8. The van der Waals surface area contributed by atoms with Gasteiger partial charge in [-0.2, -0.15) is 0 Å². The van der Waals surface area contributed by atoms with Crippen LogP contribution in [0.2, 0.25) is 0 Å². The second kappa shape index (κ2) is 7.74. The van der Waals surface area contributed by atoms with E-state index in [0.717, 1.165) is 36.7 Å². The molecule has 0 bridgehead atoms. The standard InChI is InChI=1S/C19H19N3O3S2/c23-17-12-27-19(25)22(17)11-13-5-7-14(8-6-13)20-18(24)21-9-1-3-15(21)16-4-2-10-26-16/h2,4-8,10,15H,1,3,9,11-12H2,(H,20,24). The lowest BCUT2D eigenvalue weighted by molar-refractivity contribution is -0.125. The van der Waals surface area contributed by atoms with Crippen LogP contribution in [-0.2, 0) is 11.3 Å². The lowest BCUT2D eigenvalue weighted by atomic mass is 10.2. The highest BCUT2D eigenvalue weighted by Crippen LogP contribution is 2.34. The van der Waals surface area contributed by atoms with Gasteiger partial charge in [-0.15, -0.1) is 11.3 Å². The molecule has 1 unspecified atom stereocenters. The van der Waals surface area contributed by atoms with E-state index in [1.165, 1.54) is 9.78 Å². The molecule has 2 aliphatic heterocycles. The van der Waals surface area contributed by atoms with Crippen molar-refractivity contribution in [3.63, 3.8) is 0 Å². The number of urea groups is 1. The van der Waals surface area contributed by atoms with Gasteiger partial charge in [0.25, 0.3) is 5.24 Å². The summed E-state index contributed by atoms with van der Waals surface area (Å²) in [6, 6.07) is 11.4. The minimum absolute atomic E-state index is 0.0973. The van der Waals surface area contributed by atoms with E-state index in [1.54, 1.807) is 11.3 Å². The average Bonchev–Trinajstić information content (AvgIpc) is 3.40. The summed E-state index contributed by atoms with van der Waals surface area (Å²) in [4.78, 5) is 40.4. The van der Waals surface area contributed by atoms with Crippen molar-refractivity contribution in [3.8, 4) is 0 Å². The molecule has 27 heavy (non-hydrogen) atoms. The zero-order valence-corrected chi connectivity index (χ0v) is 16.2. The van der Waals surface area contributed by atoms with Gasteiger partial charge in [0.05, 0.1) is 18.3 Å². The van der Waals surface area contributed by atoms with E-state index in [2.05, 4.69) is 11.4 Å². The maximum Gasteiger partial charge on any atom is 0.322 e. The van der Waals surface area contributed by atoms with Crippen molar-refractivity contribution in [1.29, 1.82) is 0 Å². The van der Waals surface area contributed by atoms with Gasteiger partial charge in [-0.25, -0.2) is 4.79 Å². The number of hydrogen-bond acceptors (Lipinski definition) is 5. The van der Waals surface area contributed by atoms with E-state index in [0.29, 0.717) is 5.69 Å². The van der Waals surface area contributed by atoms with Gasteiger partial charge in [0.1, 0.15) is 0 Å². The first kappa shape index (κ1) is 18.1. The molecule has 0 saturated carbocycles. The van der Waals surface area contributed by atoms with Crippen LogP contribution in [0.5, 0.6) is 0 Å². The summed E-state index contributed by atoms with van der Waals surface area (Å²) in [5.41, 5.74) is 1.56. The van der Waals surface area contributed by atoms with Crippen LogP contribution in [-0.4, -0.2) is 39.3 Å². The molecule has 140 valence electrons. The SMILES string of the molecule is O=C1CSC(=O)N1Cc1ccc(NC(=O)N2CCCC2c2cccs2)cc1. The maximum absolute atomic E-state index is 12.7. The Balaban J connectivity index is 1.39. The fourth-order valence-corrected chi connectivity index (χ4v) is 4.99. The summed E-state index contributed by atoms with van der Waals surface area (Å²) < 4.78 is 0. The number of carbonyl (C=O) groups excluding carboxylic acids is 3. The topological polar surface area (TPSA) is 69.7 Å². The minimum atomic E-state index is -0.203. The highest BCUT2D eigenvalue weighted by atomic mass is 32.2. The molecule has 1 aromatic carbocycles. The van der Waals surface area contributed by atoms with Crippen molar-refractivity contribution >= 4 is 46.0 Å². The van der Waals surface area contributed by atoms with E-state index >= 15 is 0 Å². The number of likely N-dealkylation sites (tertiary alicyclic amines) is 1. The average molecular weight is 402 g/mol. The van der Waals surface area contributed by atoms with Crippen LogP contribution in [0.3, 0.4) is 0 Å². The Hall–Kier alpha value is -2.32. The number of nitrogens with zero attached hydrogens (tertiary/aromatic N) is 2. The molecule has 1 atom stereocenters. The maximum atomic E-state index is 12.7. The number of rotatable bonds is 4. The van der Waals surface area contributed by atoms with Gasteiger partial charge in [0.15, 0.2) is 0 Å². The normalized spacial score (nSPS) is 19.8. The molecule has 2 aromatic rings. The minimum Gasteiger partial charge on any atom is -0.317 e. The van der Waals surface area contributed by atoms with Crippen LogP contribution in [0.4, 0.5) is 15.3 Å². The number of carbonyl (C=O) groups is 3. The fraction of sp³-hybridized carbons (Fsp3) is 0.316. The van der Waals surface area contributed by atoms with Crippen molar-refractivity contribution in [2.24, 2.45) is 0 Å². The van der Waals surface area contributed by atoms with Gasteiger partial charge in [-0.1, -0.05) is 30.0 Å². The van der Waals surface area contributed by atoms with E-state index in [9.17, 15) is 14.4 Å². The number of imide groups is 1. The molecular weight excluding hydrogens is 382 g/mol. The molecule has 2 aliphatic rings. The van der Waals surface area contributed by atoms with Crippen LogP contribution in [0, 0.1) is 0 Å². The molecule has 0 spiro atoms. The quantitative estimate of drug-likeness (QED) is 0.829. The highest BCUT2D eigenvalue weighted by molar-refractivity contribution is 8.14. The van der Waals surface area contributed by atoms with Gasteiger partial charge in [0.2, 0.25) is 5.91 Å². The molecule has 1 N–H and O–H groups in total. The van der Waals surface area contributed by atoms with E-state index < -0.39 is 0 Å². The van der Waals surface area contributed by atoms with Crippen molar-refractivity contribution in [2.45, 2.75) is 25.4 Å². The first-order valence-corrected chi connectivity index (χ1v) is 10.7. The van der Waals surface area contributed by atoms with E-state index in [1.807, 2.05) is 40.6 Å². The molecule has 0 aliphatic carbocycles. The van der Waals surface area contributed by atoms with Crippen LogP contribution in [0.1, 0.15) is 29.3 Å². The number of anilines is 1. The Morgan fingerprint density at radius 3 is 2.67 bits per heavy atom. The van der Waals surface area contributed by atoms with Gasteiger partial charge in [-0.05, 0) is 42.0 Å². The van der Waals surface area contributed by atoms with Crippen LogP contribution in [0.25, 0.3) is 0 Å². The lowest BCUT2D eigenvalue weighted by Gasteiger charge is -2.24. The number of hydrogen-bond donors (Lipinski definition) is 1. The van der Waals surface area contributed by atoms with Gasteiger partial charge in [0, 0.05) is 17.1 Å². The smallest absolute Gasteiger partial charge is 0.317 e. The third-order valence-electron chi connectivity index (χ3n) is 4.77. The summed E-state index contributed by atoms with van der Waals surface area (Å²) >= 11 is 2.71. The van der Waals surface area contributed by atoms with Crippen molar-refractivity contribution in [1.82, 2.24) is 9.80 Å². The molecule has 0 radical (unpaired) electrons.